The third-order valence-corrected chi connectivity index (χ3v) is 4.00. The summed E-state index contributed by atoms with van der Waals surface area (Å²) in [6, 6.07) is 17.5. The molecule has 3 aromatic rings. The Morgan fingerprint density at radius 2 is 1.48 bits per heavy atom. The van der Waals surface area contributed by atoms with Crippen LogP contribution in [0.5, 0.6) is 0 Å². The van der Waals surface area contributed by atoms with Gasteiger partial charge in [-0.15, -0.1) is 0 Å². The molecule has 0 saturated carbocycles. The second kappa shape index (κ2) is 8.33. The minimum atomic E-state index is -0.698. The van der Waals surface area contributed by atoms with Gasteiger partial charge in [0.2, 0.25) is 0 Å². The number of hydrogen-bond acceptors (Lipinski definition) is 2. The van der Waals surface area contributed by atoms with E-state index in [0.29, 0.717) is 5.56 Å². The molecule has 0 aliphatic carbocycles. The van der Waals surface area contributed by atoms with Crippen molar-refractivity contribution >= 4 is 29.1 Å². The van der Waals surface area contributed by atoms with E-state index in [1.165, 1.54) is 0 Å². The van der Waals surface area contributed by atoms with Crippen molar-refractivity contribution in [2.75, 3.05) is 0 Å². The monoisotopic (exact) mass is 373 g/mol. The first-order chi connectivity index (χ1) is 13.1. The zero-order chi connectivity index (χ0) is 19.2. The zero-order valence-corrected chi connectivity index (χ0v) is 15.0. The van der Waals surface area contributed by atoms with E-state index in [1.54, 1.807) is 6.08 Å². The van der Waals surface area contributed by atoms with Crippen molar-refractivity contribution in [3.05, 3.63) is 95.6 Å². The fourth-order valence-electron chi connectivity index (χ4n) is 2.46. The molecule has 0 saturated heterocycles. The van der Waals surface area contributed by atoms with Crippen LogP contribution in [0.15, 0.2) is 72.2 Å². The van der Waals surface area contributed by atoms with E-state index in [-0.39, 0.29) is 11.3 Å². The second-order valence-electron chi connectivity index (χ2n) is 5.64. The number of isothiocyanates is 1. The third kappa shape index (κ3) is 4.43. The summed E-state index contributed by atoms with van der Waals surface area (Å²) in [5.41, 5.74) is 3.62. The molecule has 130 valence electrons. The molecule has 4 heteroatoms. The Balaban J connectivity index is 1.84. The lowest BCUT2D eigenvalue weighted by Crippen LogP contribution is -1.87. The molecule has 0 spiro atoms. The summed E-state index contributed by atoms with van der Waals surface area (Å²) in [6.07, 6.45) is 1.79. The van der Waals surface area contributed by atoms with Gasteiger partial charge >= 0.3 is 0 Å². The first-order valence-electron chi connectivity index (χ1n) is 8.02. The highest BCUT2D eigenvalue weighted by Crippen LogP contribution is 2.22. The van der Waals surface area contributed by atoms with Crippen molar-refractivity contribution in [3.8, 4) is 23.0 Å². The van der Waals surface area contributed by atoms with Crippen LogP contribution in [0.4, 0.5) is 14.5 Å². The molecule has 0 bridgehead atoms. The van der Waals surface area contributed by atoms with Crippen LogP contribution in [0.2, 0.25) is 0 Å². The van der Waals surface area contributed by atoms with Crippen LogP contribution in [0.1, 0.15) is 16.7 Å². The average Bonchev–Trinajstić information content (AvgIpc) is 2.70. The van der Waals surface area contributed by atoms with Gasteiger partial charge in [-0.25, -0.2) is 8.78 Å². The standard InChI is InChI=1S/C23H13F2NS/c1-2-16-3-8-18(9-4-16)19-10-5-17(6-11-19)7-12-20-13-22(25)23(26-15-27)14-21(20)24/h2-6,8-11,13-14H,1H2. The van der Waals surface area contributed by atoms with Crippen molar-refractivity contribution < 1.29 is 8.78 Å². The molecule has 0 radical (unpaired) electrons. The summed E-state index contributed by atoms with van der Waals surface area (Å²) >= 11 is 4.41. The molecule has 0 aromatic heterocycles. The Hall–Kier alpha value is -3.38. The van der Waals surface area contributed by atoms with Gasteiger partial charge in [-0.05, 0) is 47.1 Å². The van der Waals surface area contributed by atoms with Gasteiger partial charge in [0.05, 0.1) is 10.7 Å². The molecule has 27 heavy (non-hydrogen) atoms. The largest absolute Gasteiger partial charge is 0.206 e. The van der Waals surface area contributed by atoms with Crippen LogP contribution in [0, 0.1) is 23.5 Å². The maximum absolute atomic E-state index is 14.0. The van der Waals surface area contributed by atoms with Gasteiger partial charge in [-0.2, -0.15) is 4.99 Å². The molecule has 3 aromatic carbocycles. The van der Waals surface area contributed by atoms with E-state index >= 15 is 0 Å². The summed E-state index contributed by atoms with van der Waals surface area (Å²) in [5.74, 6) is 4.13. The highest BCUT2D eigenvalue weighted by molar-refractivity contribution is 7.78. The summed E-state index contributed by atoms with van der Waals surface area (Å²) in [5, 5.41) is 2.02. The van der Waals surface area contributed by atoms with Crippen molar-refractivity contribution in [3.63, 3.8) is 0 Å². The number of aliphatic imine (C=N–C) groups is 1. The molecular weight excluding hydrogens is 360 g/mol. The number of nitrogens with zero attached hydrogens (tertiary/aromatic N) is 1. The molecule has 0 aliphatic heterocycles. The maximum atomic E-state index is 14.0. The summed E-state index contributed by atoms with van der Waals surface area (Å²) in [4.78, 5) is 3.47. The molecule has 0 amide bonds. The SMILES string of the molecule is C=Cc1ccc(-c2ccc(C#Cc3cc(F)c(N=C=S)cc3F)cc2)cc1. The minimum absolute atomic E-state index is 0.0418. The molecule has 3 rings (SSSR count). The van der Waals surface area contributed by atoms with Crippen molar-refractivity contribution in [1.29, 1.82) is 0 Å². The lowest BCUT2D eigenvalue weighted by Gasteiger charge is -2.02. The zero-order valence-electron chi connectivity index (χ0n) is 14.2. The van der Waals surface area contributed by atoms with Crippen LogP contribution in [-0.4, -0.2) is 5.16 Å². The van der Waals surface area contributed by atoms with E-state index in [9.17, 15) is 8.78 Å². The fraction of sp³-hybridized carbons (Fsp3) is 0. The van der Waals surface area contributed by atoms with Crippen LogP contribution in [0.25, 0.3) is 17.2 Å². The lowest BCUT2D eigenvalue weighted by molar-refractivity contribution is 0.599. The Labute approximate surface area is 161 Å². The lowest BCUT2D eigenvalue weighted by atomic mass is 10.0. The fourth-order valence-corrected chi connectivity index (χ4v) is 2.56. The van der Waals surface area contributed by atoms with E-state index in [1.807, 2.05) is 53.7 Å². The van der Waals surface area contributed by atoms with E-state index in [2.05, 4.69) is 35.6 Å². The Morgan fingerprint density at radius 1 is 0.852 bits per heavy atom. The summed E-state index contributed by atoms with van der Waals surface area (Å²) < 4.78 is 27.8. The number of rotatable bonds is 3. The first-order valence-corrected chi connectivity index (χ1v) is 8.43. The van der Waals surface area contributed by atoms with Gasteiger partial charge in [0.1, 0.15) is 11.5 Å². The summed E-state index contributed by atoms with van der Waals surface area (Å²) in [6.45, 7) is 3.74. The molecule has 0 heterocycles. The number of halogens is 2. The Kier molecular flexibility index (Phi) is 5.68. The quantitative estimate of drug-likeness (QED) is 0.294. The average molecular weight is 373 g/mol. The third-order valence-electron chi connectivity index (χ3n) is 3.91. The van der Waals surface area contributed by atoms with E-state index in [0.717, 1.165) is 28.8 Å². The number of thiocarbonyl (C=S) groups is 1. The van der Waals surface area contributed by atoms with E-state index in [4.69, 9.17) is 0 Å². The van der Waals surface area contributed by atoms with Crippen molar-refractivity contribution in [1.82, 2.24) is 0 Å². The number of hydrogen-bond donors (Lipinski definition) is 0. The molecule has 0 unspecified atom stereocenters. The molecular formula is C23H13F2NS. The van der Waals surface area contributed by atoms with E-state index < -0.39 is 11.6 Å². The Morgan fingerprint density at radius 3 is 2.07 bits per heavy atom. The predicted octanol–water partition coefficient (Wildman–Crippen LogP) is 6.41. The highest BCUT2D eigenvalue weighted by atomic mass is 32.1. The van der Waals surface area contributed by atoms with Gasteiger partial charge in [0.15, 0.2) is 5.82 Å². The predicted molar refractivity (Wildman–Crippen MR) is 109 cm³/mol. The topological polar surface area (TPSA) is 12.4 Å². The second-order valence-corrected chi connectivity index (χ2v) is 5.82. The Bertz CT molecular complexity index is 1100. The van der Waals surface area contributed by atoms with Crippen LogP contribution >= 0.6 is 12.2 Å². The highest BCUT2D eigenvalue weighted by Gasteiger charge is 2.07. The van der Waals surface area contributed by atoms with Gasteiger partial charge < -0.3 is 0 Å². The van der Waals surface area contributed by atoms with Crippen molar-refractivity contribution in [2.45, 2.75) is 0 Å². The molecule has 0 fully saturated rings. The summed E-state index contributed by atoms with van der Waals surface area (Å²) in [7, 11) is 0. The minimum Gasteiger partial charge on any atom is -0.206 e. The van der Waals surface area contributed by atoms with Gasteiger partial charge in [0.25, 0.3) is 0 Å². The smallest absolute Gasteiger partial charge is 0.151 e. The normalized spacial score (nSPS) is 9.70. The van der Waals surface area contributed by atoms with Crippen LogP contribution < -0.4 is 0 Å². The van der Waals surface area contributed by atoms with Gasteiger partial charge in [-0.3, -0.25) is 0 Å². The van der Waals surface area contributed by atoms with Crippen LogP contribution in [0.3, 0.4) is 0 Å². The first kappa shape index (κ1) is 18.4. The van der Waals surface area contributed by atoms with Crippen LogP contribution in [-0.2, 0) is 0 Å². The van der Waals surface area contributed by atoms with Gasteiger partial charge in [-0.1, -0.05) is 60.9 Å². The number of benzene rings is 3. The molecule has 0 aliphatic rings. The molecule has 0 atom stereocenters. The van der Waals surface area contributed by atoms with Gasteiger partial charge in [0, 0.05) is 11.6 Å². The van der Waals surface area contributed by atoms with Crippen molar-refractivity contribution in [2.24, 2.45) is 4.99 Å². The molecule has 0 N–H and O–H groups in total. The molecule has 1 nitrogen and oxygen atoms in total. The maximum Gasteiger partial charge on any atom is 0.151 e.